The zero-order valence-electron chi connectivity index (χ0n) is 15.5. The number of ether oxygens (including phenoxy) is 1. The summed E-state index contributed by atoms with van der Waals surface area (Å²) in [5.41, 5.74) is 1.94. The lowest BCUT2D eigenvalue weighted by Gasteiger charge is -2.40. The van der Waals surface area contributed by atoms with Gasteiger partial charge in [-0.15, -0.1) is 0 Å². The Hall–Kier alpha value is -1.92. The molecule has 1 aromatic heterocycles. The number of hydrogen-bond acceptors (Lipinski definition) is 5. The first kappa shape index (κ1) is 17.9. The molecule has 0 bridgehead atoms. The molecular weight excluding hydrogens is 318 g/mol. The molecule has 1 saturated heterocycles. The summed E-state index contributed by atoms with van der Waals surface area (Å²) < 4.78 is 11.1. The van der Waals surface area contributed by atoms with Crippen LogP contribution in [0.2, 0.25) is 0 Å². The summed E-state index contributed by atoms with van der Waals surface area (Å²) in [5.74, 6) is 0.831. The first-order valence-corrected chi connectivity index (χ1v) is 8.88. The molecule has 6 heteroatoms. The highest BCUT2D eigenvalue weighted by molar-refractivity contribution is 5.97. The summed E-state index contributed by atoms with van der Waals surface area (Å²) in [6.07, 6.45) is 0. The van der Waals surface area contributed by atoms with Crippen LogP contribution in [0.4, 0.5) is 0 Å². The van der Waals surface area contributed by atoms with Gasteiger partial charge in [0.1, 0.15) is 5.52 Å². The topological polar surface area (TPSA) is 67.6 Å². The molecule has 1 amide bonds. The van der Waals surface area contributed by atoms with Crippen LogP contribution < -0.4 is 5.32 Å². The van der Waals surface area contributed by atoms with Crippen LogP contribution in [0.25, 0.3) is 11.1 Å². The number of benzene rings is 1. The van der Waals surface area contributed by atoms with Crippen molar-refractivity contribution >= 4 is 17.0 Å². The van der Waals surface area contributed by atoms with Crippen LogP contribution in [0.5, 0.6) is 0 Å². The molecular formula is C19H27N3O3. The van der Waals surface area contributed by atoms with E-state index in [1.807, 2.05) is 19.9 Å². The first-order valence-electron chi connectivity index (χ1n) is 8.88. The fourth-order valence-electron chi connectivity index (χ4n) is 3.01. The molecule has 1 aliphatic rings. The molecule has 6 nitrogen and oxygen atoms in total. The molecule has 1 N–H and O–H groups in total. The van der Waals surface area contributed by atoms with Crippen molar-refractivity contribution in [1.29, 1.82) is 0 Å². The van der Waals surface area contributed by atoms with E-state index in [4.69, 9.17) is 9.15 Å². The lowest BCUT2D eigenvalue weighted by Crippen LogP contribution is -2.55. The fourth-order valence-corrected chi connectivity index (χ4v) is 3.01. The van der Waals surface area contributed by atoms with Gasteiger partial charge in [-0.1, -0.05) is 13.8 Å². The van der Waals surface area contributed by atoms with Crippen molar-refractivity contribution < 1.29 is 13.9 Å². The second-order valence-corrected chi connectivity index (χ2v) is 7.48. The van der Waals surface area contributed by atoms with E-state index in [-0.39, 0.29) is 17.4 Å². The van der Waals surface area contributed by atoms with Crippen molar-refractivity contribution in [3.8, 4) is 0 Å². The smallest absolute Gasteiger partial charge is 0.251 e. The van der Waals surface area contributed by atoms with Crippen molar-refractivity contribution in [3.63, 3.8) is 0 Å². The fraction of sp³-hybridized carbons (Fsp3) is 0.579. The van der Waals surface area contributed by atoms with Gasteiger partial charge in [0.25, 0.3) is 5.91 Å². The number of fused-ring (bicyclic) bond motifs is 1. The Morgan fingerprint density at radius 2 is 2.04 bits per heavy atom. The van der Waals surface area contributed by atoms with Gasteiger partial charge in [-0.05, 0) is 32.0 Å². The van der Waals surface area contributed by atoms with Gasteiger partial charge in [-0.3, -0.25) is 9.69 Å². The molecule has 2 aromatic rings. The van der Waals surface area contributed by atoms with Crippen LogP contribution >= 0.6 is 0 Å². The zero-order valence-corrected chi connectivity index (χ0v) is 15.5. The lowest BCUT2D eigenvalue weighted by atomic mass is 10.0. The number of carbonyl (C=O) groups excluding carboxylic acids is 1. The summed E-state index contributed by atoms with van der Waals surface area (Å²) in [6, 6.07) is 5.40. The third kappa shape index (κ3) is 4.02. The van der Waals surface area contributed by atoms with Gasteiger partial charge in [-0.25, -0.2) is 4.98 Å². The van der Waals surface area contributed by atoms with Crippen molar-refractivity contribution in [2.24, 2.45) is 0 Å². The highest BCUT2D eigenvalue weighted by Crippen LogP contribution is 2.22. The second kappa shape index (κ2) is 7.14. The molecule has 1 aliphatic heterocycles. The average Bonchev–Trinajstić information content (AvgIpc) is 3.04. The number of aromatic nitrogens is 1. The summed E-state index contributed by atoms with van der Waals surface area (Å²) in [4.78, 5) is 19.4. The van der Waals surface area contributed by atoms with Gasteiger partial charge in [-0.2, -0.15) is 0 Å². The van der Waals surface area contributed by atoms with Crippen molar-refractivity contribution in [3.05, 3.63) is 29.7 Å². The maximum atomic E-state index is 12.5. The van der Waals surface area contributed by atoms with Gasteiger partial charge in [0.15, 0.2) is 11.5 Å². The van der Waals surface area contributed by atoms with Gasteiger partial charge in [0.05, 0.1) is 13.2 Å². The number of nitrogens with one attached hydrogen (secondary N) is 1. The molecule has 2 heterocycles. The number of nitrogens with zero attached hydrogens (tertiary/aromatic N) is 2. The molecule has 0 aliphatic carbocycles. The Morgan fingerprint density at radius 3 is 2.72 bits per heavy atom. The van der Waals surface area contributed by atoms with Crippen LogP contribution in [-0.2, 0) is 4.74 Å². The van der Waals surface area contributed by atoms with E-state index in [1.165, 1.54) is 0 Å². The molecule has 136 valence electrons. The van der Waals surface area contributed by atoms with Crippen LogP contribution in [0, 0.1) is 0 Å². The van der Waals surface area contributed by atoms with Crippen LogP contribution in [-0.4, -0.2) is 54.2 Å². The van der Waals surface area contributed by atoms with Gasteiger partial charge >= 0.3 is 0 Å². The largest absolute Gasteiger partial charge is 0.440 e. The monoisotopic (exact) mass is 345 g/mol. The summed E-state index contributed by atoms with van der Waals surface area (Å²) in [5, 5.41) is 3.05. The molecule has 1 aromatic carbocycles. The summed E-state index contributed by atoms with van der Waals surface area (Å²) in [7, 11) is 0. The van der Waals surface area contributed by atoms with Crippen LogP contribution in [0.1, 0.15) is 49.9 Å². The first-order chi connectivity index (χ1) is 11.9. The van der Waals surface area contributed by atoms with Crippen molar-refractivity contribution in [1.82, 2.24) is 15.2 Å². The minimum Gasteiger partial charge on any atom is -0.440 e. The van der Waals surface area contributed by atoms with E-state index >= 15 is 0 Å². The van der Waals surface area contributed by atoms with Gasteiger partial charge < -0.3 is 14.5 Å². The maximum Gasteiger partial charge on any atom is 0.251 e. The Kier molecular flexibility index (Phi) is 5.11. The number of oxazole rings is 1. The summed E-state index contributed by atoms with van der Waals surface area (Å²) >= 11 is 0. The Labute approximate surface area is 148 Å². The normalized spacial score (nSPS) is 16.5. The van der Waals surface area contributed by atoms with E-state index in [2.05, 4.69) is 29.0 Å². The van der Waals surface area contributed by atoms with Gasteiger partial charge in [0.2, 0.25) is 0 Å². The Morgan fingerprint density at radius 1 is 1.32 bits per heavy atom. The maximum absolute atomic E-state index is 12.5. The third-order valence-electron chi connectivity index (χ3n) is 4.71. The summed E-state index contributed by atoms with van der Waals surface area (Å²) in [6.45, 7) is 12.2. The van der Waals surface area contributed by atoms with E-state index in [1.54, 1.807) is 12.1 Å². The quantitative estimate of drug-likeness (QED) is 0.902. The number of carbonyl (C=O) groups is 1. The van der Waals surface area contributed by atoms with E-state index in [0.717, 1.165) is 31.8 Å². The SMILES string of the molecule is CC(C)c1nc2cc(C(=O)NCC(C)(C)N3CCOCC3)ccc2o1. The second-order valence-electron chi connectivity index (χ2n) is 7.48. The lowest BCUT2D eigenvalue weighted by molar-refractivity contribution is -0.00923. The average molecular weight is 345 g/mol. The highest BCUT2D eigenvalue weighted by Gasteiger charge is 2.28. The van der Waals surface area contributed by atoms with E-state index in [0.29, 0.717) is 23.6 Å². The molecule has 0 unspecified atom stereocenters. The number of amides is 1. The molecule has 0 radical (unpaired) electrons. The molecule has 1 fully saturated rings. The molecule has 0 spiro atoms. The molecule has 0 saturated carbocycles. The van der Waals surface area contributed by atoms with Crippen LogP contribution in [0.3, 0.4) is 0 Å². The van der Waals surface area contributed by atoms with Gasteiger partial charge in [0, 0.05) is 36.7 Å². The molecule has 25 heavy (non-hydrogen) atoms. The number of morpholine rings is 1. The third-order valence-corrected chi connectivity index (χ3v) is 4.71. The Bertz CT molecular complexity index is 745. The van der Waals surface area contributed by atoms with Crippen molar-refractivity contribution in [2.75, 3.05) is 32.8 Å². The minimum atomic E-state index is -0.109. The molecule has 0 atom stereocenters. The number of rotatable bonds is 5. The Balaban J connectivity index is 1.67. The predicted molar refractivity (Wildman–Crippen MR) is 96.9 cm³/mol. The minimum absolute atomic E-state index is 0.0858. The van der Waals surface area contributed by atoms with Crippen molar-refractivity contribution in [2.45, 2.75) is 39.2 Å². The highest BCUT2D eigenvalue weighted by atomic mass is 16.5. The molecule has 3 rings (SSSR count). The standard InChI is InChI=1S/C19H27N3O3/c1-13(2)18-21-15-11-14(5-6-16(15)25-18)17(23)20-12-19(3,4)22-7-9-24-10-8-22/h5-6,11,13H,7-10,12H2,1-4H3,(H,20,23). The van der Waals surface area contributed by atoms with E-state index < -0.39 is 0 Å². The zero-order chi connectivity index (χ0) is 18.0. The van der Waals surface area contributed by atoms with E-state index in [9.17, 15) is 4.79 Å². The van der Waals surface area contributed by atoms with Crippen LogP contribution in [0.15, 0.2) is 22.6 Å². The number of hydrogen-bond donors (Lipinski definition) is 1. The predicted octanol–water partition coefficient (Wildman–Crippen LogP) is 2.79.